The van der Waals surface area contributed by atoms with Crippen LogP contribution in [0.2, 0.25) is 0 Å². The quantitative estimate of drug-likeness (QED) is 0.632. The van der Waals surface area contributed by atoms with Crippen molar-refractivity contribution < 1.29 is 27.4 Å². The molecule has 3 aliphatic rings. The summed E-state index contributed by atoms with van der Waals surface area (Å²) in [5.41, 5.74) is -4.52. The van der Waals surface area contributed by atoms with Gasteiger partial charge >= 0.3 is 12.1 Å². The van der Waals surface area contributed by atoms with Gasteiger partial charge in [0.25, 0.3) is 0 Å². The standard InChI is InChI=1S/C19H29F3O3/c1-15(2,3)24-14(23)18(19(20,21)22)9-10-8-11(18)13-12(10)16(4,5)25-17(13,6)7/h10-13H,8-9H2,1-7H3. The average molecular weight is 362 g/mol. The molecule has 3 rings (SSSR count). The molecule has 2 bridgehead atoms. The van der Waals surface area contributed by atoms with Crippen molar-refractivity contribution in [1.82, 2.24) is 0 Å². The van der Waals surface area contributed by atoms with Gasteiger partial charge in [-0.1, -0.05) is 0 Å². The molecule has 0 N–H and O–H groups in total. The van der Waals surface area contributed by atoms with E-state index in [0.29, 0.717) is 6.42 Å². The molecule has 2 saturated carbocycles. The summed E-state index contributed by atoms with van der Waals surface area (Å²) in [5.74, 6) is -2.31. The van der Waals surface area contributed by atoms with E-state index in [2.05, 4.69) is 0 Å². The van der Waals surface area contributed by atoms with Crippen molar-refractivity contribution in [2.24, 2.45) is 29.1 Å². The summed E-state index contributed by atoms with van der Waals surface area (Å²) in [7, 11) is 0. The van der Waals surface area contributed by atoms with Crippen molar-refractivity contribution in [3.8, 4) is 0 Å². The number of rotatable bonds is 1. The molecule has 1 aliphatic heterocycles. The minimum absolute atomic E-state index is 0.0467. The van der Waals surface area contributed by atoms with Crippen LogP contribution < -0.4 is 0 Å². The predicted molar refractivity (Wildman–Crippen MR) is 86.8 cm³/mol. The Morgan fingerprint density at radius 1 is 1.04 bits per heavy atom. The van der Waals surface area contributed by atoms with E-state index in [1.54, 1.807) is 20.8 Å². The lowest BCUT2D eigenvalue weighted by Gasteiger charge is -2.45. The van der Waals surface area contributed by atoms with E-state index in [4.69, 9.17) is 9.47 Å². The number of hydrogen-bond donors (Lipinski definition) is 0. The Morgan fingerprint density at radius 2 is 1.56 bits per heavy atom. The third-order valence-corrected chi connectivity index (χ3v) is 6.50. The summed E-state index contributed by atoms with van der Waals surface area (Å²) >= 11 is 0. The Labute approximate surface area is 147 Å². The second kappa shape index (κ2) is 4.93. The molecule has 0 radical (unpaired) electrons. The highest BCUT2D eigenvalue weighted by Gasteiger charge is 2.79. The van der Waals surface area contributed by atoms with Crippen LogP contribution in [0.3, 0.4) is 0 Å². The first-order chi connectivity index (χ1) is 11.0. The van der Waals surface area contributed by atoms with Gasteiger partial charge in [0.15, 0.2) is 5.41 Å². The topological polar surface area (TPSA) is 35.5 Å². The summed E-state index contributed by atoms with van der Waals surface area (Å²) in [4.78, 5) is 12.8. The molecule has 0 spiro atoms. The molecule has 0 aromatic carbocycles. The Kier molecular flexibility index (Phi) is 3.75. The molecule has 3 nitrogen and oxygen atoms in total. The van der Waals surface area contributed by atoms with E-state index in [0.717, 1.165) is 0 Å². The third kappa shape index (κ3) is 2.54. The molecule has 0 aromatic rings. The molecule has 5 unspecified atom stereocenters. The van der Waals surface area contributed by atoms with Crippen LogP contribution in [0.25, 0.3) is 0 Å². The molecule has 3 fully saturated rings. The number of halogens is 3. The molecule has 5 atom stereocenters. The molecule has 0 aromatic heterocycles. The van der Waals surface area contributed by atoms with Crippen LogP contribution >= 0.6 is 0 Å². The number of alkyl halides is 3. The van der Waals surface area contributed by atoms with E-state index in [-0.39, 0.29) is 24.2 Å². The van der Waals surface area contributed by atoms with Gasteiger partial charge in [-0.25, -0.2) is 0 Å². The van der Waals surface area contributed by atoms with Gasteiger partial charge in [0.2, 0.25) is 0 Å². The zero-order valence-corrected chi connectivity index (χ0v) is 16.1. The molecule has 6 heteroatoms. The first kappa shape index (κ1) is 19.0. The molecule has 144 valence electrons. The van der Waals surface area contributed by atoms with E-state index in [9.17, 15) is 18.0 Å². The van der Waals surface area contributed by atoms with Gasteiger partial charge < -0.3 is 9.47 Å². The Morgan fingerprint density at radius 3 is 2.04 bits per heavy atom. The molecule has 2 aliphatic carbocycles. The smallest absolute Gasteiger partial charge is 0.405 e. The van der Waals surface area contributed by atoms with Crippen LogP contribution in [-0.4, -0.2) is 28.9 Å². The van der Waals surface area contributed by atoms with Crippen molar-refractivity contribution in [1.29, 1.82) is 0 Å². The van der Waals surface area contributed by atoms with Gasteiger partial charge in [-0.3, -0.25) is 4.79 Å². The lowest BCUT2D eigenvalue weighted by molar-refractivity contribution is -0.261. The van der Waals surface area contributed by atoms with Crippen LogP contribution in [0, 0.1) is 29.1 Å². The highest BCUT2D eigenvalue weighted by Crippen LogP contribution is 2.73. The van der Waals surface area contributed by atoms with Crippen molar-refractivity contribution in [2.75, 3.05) is 0 Å². The van der Waals surface area contributed by atoms with Gasteiger partial charge in [0.1, 0.15) is 5.60 Å². The van der Waals surface area contributed by atoms with Gasteiger partial charge in [-0.15, -0.1) is 0 Å². The predicted octanol–water partition coefficient (Wildman–Crippen LogP) is 4.74. The van der Waals surface area contributed by atoms with E-state index < -0.39 is 40.3 Å². The lowest BCUT2D eigenvalue weighted by atomic mass is 9.59. The van der Waals surface area contributed by atoms with Crippen molar-refractivity contribution >= 4 is 5.97 Å². The monoisotopic (exact) mass is 362 g/mol. The largest absolute Gasteiger partial charge is 0.459 e. The van der Waals surface area contributed by atoms with E-state index in [1.165, 1.54) is 0 Å². The highest BCUT2D eigenvalue weighted by molar-refractivity contribution is 5.80. The van der Waals surface area contributed by atoms with Gasteiger partial charge in [-0.2, -0.15) is 13.2 Å². The van der Waals surface area contributed by atoms with Crippen LogP contribution in [-0.2, 0) is 14.3 Å². The second-order valence-electron chi connectivity index (χ2n) is 10.1. The molecule has 25 heavy (non-hydrogen) atoms. The van der Waals surface area contributed by atoms with Crippen molar-refractivity contribution in [3.05, 3.63) is 0 Å². The summed E-state index contributed by atoms with van der Waals surface area (Å²) in [5, 5.41) is 0. The first-order valence-corrected chi connectivity index (χ1v) is 9.03. The molecule has 1 saturated heterocycles. The lowest BCUT2D eigenvalue weighted by Crippen LogP contribution is -2.56. The number of carbonyl (C=O) groups is 1. The fourth-order valence-corrected chi connectivity index (χ4v) is 6.22. The highest BCUT2D eigenvalue weighted by atomic mass is 19.4. The Bertz CT molecular complexity index is 588. The van der Waals surface area contributed by atoms with Crippen molar-refractivity contribution in [3.63, 3.8) is 0 Å². The molecular weight excluding hydrogens is 333 g/mol. The number of ether oxygens (including phenoxy) is 2. The summed E-state index contributed by atoms with van der Waals surface area (Å²) in [6, 6.07) is 0. The summed E-state index contributed by atoms with van der Waals surface area (Å²) in [6.07, 6.45) is -4.38. The van der Waals surface area contributed by atoms with Gasteiger partial charge in [0, 0.05) is 0 Å². The number of carbonyl (C=O) groups excluding carboxylic acids is 1. The minimum Gasteiger partial charge on any atom is -0.459 e. The normalized spacial score (nSPS) is 41.7. The zero-order valence-electron chi connectivity index (χ0n) is 16.1. The first-order valence-electron chi connectivity index (χ1n) is 9.03. The summed E-state index contributed by atoms with van der Waals surface area (Å²) < 4.78 is 54.2. The minimum atomic E-state index is -4.62. The maximum atomic E-state index is 14.3. The fourth-order valence-electron chi connectivity index (χ4n) is 6.22. The molecule has 0 amide bonds. The number of esters is 1. The van der Waals surface area contributed by atoms with Crippen LogP contribution in [0.5, 0.6) is 0 Å². The molecular formula is C19H29F3O3. The molecule has 1 heterocycles. The van der Waals surface area contributed by atoms with E-state index in [1.807, 2.05) is 27.7 Å². The van der Waals surface area contributed by atoms with Crippen molar-refractivity contribution in [2.45, 2.75) is 84.3 Å². The Hall–Kier alpha value is -0.780. The number of fused-ring (bicyclic) bond motifs is 5. The van der Waals surface area contributed by atoms with Crippen LogP contribution in [0.1, 0.15) is 61.3 Å². The maximum Gasteiger partial charge on any atom is 0.405 e. The third-order valence-electron chi connectivity index (χ3n) is 6.50. The zero-order chi connectivity index (χ0) is 19.2. The number of hydrogen-bond acceptors (Lipinski definition) is 3. The van der Waals surface area contributed by atoms with E-state index >= 15 is 0 Å². The van der Waals surface area contributed by atoms with Gasteiger partial charge in [0.05, 0.1) is 11.2 Å². The second-order valence-corrected chi connectivity index (χ2v) is 10.1. The summed E-state index contributed by atoms with van der Waals surface area (Å²) in [6.45, 7) is 12.5. The Balaban J connectivity index is 2.06. The van der Waals surface area contributed by atoms with Gasteiger partial charge in [-0.05, 0) is 85.0 Å². The maximum absolute atomic E-state index is 14.3. The SMILES string of the molecule is CC(C)(C)OC(=O)C1(C(F)(F)F)CC2CC1C1C2C(C)(C)OC1(C)C. The van der Waals surface area contributed by atoms with Crippen LogP contribution in [0.15, 0.2) is 0 Å². The van der Waals surface area contributed by atoms with Crippen LogP contribution in [0.4, 0.5) is 13.2 Å². The average Bonchev–Trinajstić information content (AvgIpc) is 2.94. The fraction of sp³-hybridized carbons (Fsp3) is 0.947.